The number of hydrogen-bond acceptors (Lipinski definition) is 5. The van der Waals surface area contributed by atoms with Gasteiger partial charge in [-0.3, -0.25) is 4.79 Å². The topological polar surface area (TPSA) is 60.0 Å². The number of nitrogens with one attached hydrogen (secondary N) is 1. The molecule has 3 rings (SSSR count). The number of anilines is 2. The highest BCUT2D eigenvalue weighted by atomic mass is 35.5. The second-order valence-electron chi connectivity index (χ2n) is 6.17. The van der Waals surface area contributed by atoms with Crippen LogP contribution in [0.2, 0.25) is 5.02 Å². The van der Waals surface area contributed by atoms with Gasteiger partial charge in [-0.15, -0.1) is 0 Å². The highest BCUT2D eigenvalue weighted by molar-refractivity contribution is 6.34. The number of nitrogens with zero attached hydrogens (tertiary/aromatic N) is 1. The molecule has 1 aliphatic heterocycles. The summed E-state index contributed by atoms with van der Waals surface area (Å²) < 4.78 is 15.9. The zero-order valence-electron chi connectivity index (χ0n) is 15.9. The van der Waals surface area contributed by atoms with Gasteiger partial charge in [0, 0.05) is 19.2 Å². The summed E-state index contributed by atoms with van der Waals surface area (Å²) in [5.74, 6) is 0.999. The van der Waals surface area contributed by atoms with Crippen molar-refractivity contribution in [2.45, 2.75) is 0 Å². The second kappa shape index (κ2) is 9.48. The predicted molar refractivity (Wildman–Crippen MR) is 112 cm³/mol. The minimum absolute atomic E-state index is 0.244. The van der Waals surface area contributed by atoms with Crippen molar-refractivity contribution in [3.05, 3.63) is 53.1 Å². The lowest BCUT2D eigenvalue weighted by Crippen LogP contribution is -2.37. The summed E-state index contributed by atoms with van der Waals surface area (Å²) in [5, 5.41) is 3.52. The van der Waals surface area contributed by atoms with Crippen molar-refractivity contribution in [1.82, 2.24) is 0 Å². The molecule has 0 atom stereocenters. The van der Waals surface area contributed by atoms with Gasteiger partial charge in [-0.05, 0) is 35.9 Å². The fourth-order valence-corrected chi connectivity index (χ4v) is 3.32. The summed E-state index contributed by atoms with van der Waals surface area (Å²) in [7, 11) is 3.15. The van der Waals surface area contributed by atoms with Gasteiger partial charge in [-0.2, -0.15) is 0 Å². The molecule has 0 aromatic heterocycles. The predicted octanol–water partition coefficient (Wildman–Crippen LogP) is 3.85. The molecule has 2 aromatic carbocycles. The molecule has 1 aliphatic rings. The van der Waals surface area contributed by atoms with Crippen LogP contribution in [-0.2, 0) is 9.53 Å². The molecule has 0 radical (unpaired) electrons. The van der Waals surface area contributed by atoms with Crippen LogP contribution in [0, 0.1) is 0 Å². The van der Waals surface area contributed by atoms with E-state index in [4.69, 9.17) is 25.8 Å². The molecule has 6 nitrogen and oxygen atoms in total. The molecule has 28 heavy (non-hydrogen) atoms. The molecule has 0 unspecified atom stereocenters. The average Bonchev–Trinajstić information content (AvgIpc) is 2.72. The van der Waals surface area contributed by atoms with Crippen molar-refractivity contribution in [1.29, 1.82) is 0 Å². The maximum absolute atomic E-state index is 12.5. The van der Waals surface area contributed by atoms with E-state index < -0.39 is 0 Å². The first-order chi connectivity index (χ1) is 13.6. The summed E-state index contributed by atoms with van der Waals surface area (Å²) in [6.45, 7) is 2.73. The highest BCUT2D eigenvalue weighted by Crippen LogP contribution is 2.34. The number of methoxy groups -OCH3 is 2. The lowest BCUT2D eigenvalue weighted by atomic mass is 10.2. The van der Waals surface area contributed by atoms with E-state index in [1.165, 1.54) is 6.08 Å². The summed E-state index contributed by atoms with van der Waals surface area (Å²) in [6.07, 6.45) is 3.20. The lowest BCUT2D eigenvalue weighted by molar-refractivity contribution is -0.111. The zero-order chi connectivity index (χ0) is 19.9. The van der Waals surface area contributed by atoms with Crippen LogP contribution in [0.1, 0.15) is 5.56 Å². The first-order valence-electron chi connectivity index (χ1n) is 8.94. The third-order valence-corrected chi connectivity index (χ3v) is 4.71. The SMILES string of the molecule is COc1ccc(/C=C/C(=O)Nc2cccc(Cl)c2N2CCOCC2)cc1OC. The van der Waals surface area contributed by atoms with Gasteiger partial charge in [-0.1, -0.05) is 23.7 Å². The van der Waals surface area contributed by atoms with E-state index in [-0.39, 0.29) is 5.91 Å². The third-order valence-electron chi connectivity index (χ3n) is 4.41. The Labute approximate surface area is 169 Å². The molecule has 1 saturated heterocycles. The van der Waals surface area contributed by atoms with Crippen molar-refractivity contribution in [2.75, 3.05) is 50.7 Å². The fraction of sp³-hybridized carbons (Fsp3) is 0.286. The van der Waals surface area contributed by atoms with Gasteiger partial charge in [0.15, 0.2) is 11.5 Å². The fourth-order valence-electron chi connectivity index (χ4n) is 3.03. The Balaban J connectivity index is 1.75. The first-order valence-corrected chi connectivity index (χ1v) is 9.32. The maximum atomic E-state index is 12.5. The van der Waals surface area contributed by atoms with Crippen LogP contribution < -0.4 is 19.7 Å². The van der Waals surface area contributed by atoms with E-state index in [1.54, 1.807) is 32.4 Å². The molecule has 1 fully saturated rings. The van der Waals surface area contributed by atoms with E-state index in [0.717, 1.165) is 24.3 Å². The van der Waals surface area contributed by atoms with Gasteiger partial charge in [0.2, 0.25) is 5.91 Å². The zero-order valence-corrected chi connectivity index (χ0v) is 16.7. The Kier molecular flexibility index (Phi) is 6.79. The molecule has 1 N–H and O–H groups in total. The quantitative estimate of drug-likeness (QED) is 0.744. The number of para-hydroxylation sites is 1. The summed E-state index contributed by atoms with van der Waals surface area (Å²) in [4.78, 5) is 14.6. The number of amides is 1. The third kappa shape index (κ3) is 4.77. The van der Waals surface area contributed by atoms with Crippen LogP contribution in [0.15, 0.2) is 42.5 Å². The van der Waals surface area contributed by atoms with Crippen LogP contribution in [0.3, 0.4) is 0 Å². The molecule has 1 heterocycles. The van der Waals surface area contributed by atoms with E-state index in [0.29, 0.717) is 35.4 Å². The number of hydrogen-bond donors (Lipinski definition) is 1. The average molecular weight is 403 g/mol. The molecule has 0 saturated carbocycles. The molecule has 0 spiro atoms. The number of morpholine rings is 1. The second-order valence-corrected chi connectivity index (χ2v) is 6.58. The number of ether oxygens (including phenoxy) is 3. The summed E-state index contributed by atoms with van der Waals surface area (Å²) in [6, 6.07) is 10.9. The first kappa shape index (κ1) is 20.0. The van der Waals surface area contributed by atoms with Crippen LogP contribution in [-0.4, -0.2) is 46.4 Å². The van der Waals surface area contributed by atoms with Crippen molar-refractivity contribution in [3.63, 3.8) is 0 Å². The smallest absolute Gasteiger partial charge is 0.248 e. The van der Waals surface area contributed by atoms with Gasteiger partial charge in [0.25, 0.3) is 0 Å². The highest BCUT2D eigenvalue weighted by Gasteiger charge is 2.18. The van der Waals surface area contributed by atoms with E-state index in [1.807, 2.05) is 24.3 Å². The minimum Gasteiger partial charge on any atom is -0.493 e. The minimum atomic E-state index is -0.244. The Bertz CT molecular complexity index is 863. The molecule has 0 bridgehead atoms. The molecular weight excluding hydrogens is 380 g/mol. The molecule has 148 valence electrons. The van der Waals surface area contributed by atoms with Gasteiger partial charge in [0.1, 0.15) is 0 Å². The van der Waals surface area contributed by atoms with E-state index in [9.17, 15) is 4.79 Å². The maximum Gasteiger partial charge on any atom is 0.248 e. The molecule has 7 heteroatoms. The normalized spacial score (nSPS) is 14.2. The van der Waals surface area contributed by atoms with Crippen LogP contribution in [0.25, 0.3) is 6.08 Å². The number of rotatable bonds is 6. The largest absolute Gasteiger partial charge is 0.493 e. The lowest BCUT2D eigenvalue weighted by Gasteiger charge is -2.31. The summed E-state index contributed by atoms with van der Waals surface area (Å²) in [5.41, 5.74) is 2.32. The van der Waals surface area contributed by atoms with Crippen LogP contribution in [0.5, 0.6) is 11.5 Å². The van der Waals surface area contributed by atoms with Crippen molar-refractivity contribution in [2.24, 2.45) is 0 Å². The summed E-state index contributed by atoms with van der Waals surface area (Å²) >= 11 is 6.40. The molecular formula is C21H23ClN2O4. The molecule has 2 aromatic rings. The van der Waals surface area contributed by atoms with Gasteiger partial charge in [0.05, 0.1) is 43.8 Å². The van der Waals surface area contributed by atoms with Crippen molar-refractivity contribution in [3.8, 4) is 11.5 Å². The number of halogens is 1. The van der Waals surface area contributed by atoms with Crippen LogP contribution >= 0.6 is 11.6 Å². The van der Waals surface area contributed by atoms with E-state index in [2.05, 4.69) is 10.2 Å². The van der Waals surface area contributed by atoms with Gasteiger partial charge < -0.3 is 24.4 Å². The van der Waals surface area contributed by atoms with E-state index >= 15 is 0 Å². The van der Waals surface area contributed by atoms with Crippen LogP contribution in [0.4, 0.5) is 11.4 Å². The van der Waals surface area contributed by atoms with Crippen molar-refractivity contribution < 1.29 is 19.0 Å². The Hall–Kier alpha value is -2.70. The Morgan fingerprint density at radius 2 is 1.89 bits per heavy atom. The number of carbonyl (C=O) groups excluding carboxylic acids is 1. The standard InChI is InChI=1S/C21H23ClN2O4/c1-26-18-8-6-15(14-19(18)27-2)7-9-20(25)23-17-5-3-4-16(22)21(17)24-10-12-28-13-11-24/h3-9,14H,10-13H2,1-2H3,(H,23,25)/b9-7+. The monoisotopic (exact) mass is 402 g/mol. The number of benzene rings is 2. The van der Waals surface area contributed by atoms with Crippen molar-refractivity contribution >= 4 is 35.0 Å². The number of carbonyl (C=O) groups is 1. The Morgan fingerprint density at radius 3 is 2.61 bits per heavy atom. The Morgan fingerprint density at radius 1 is 1.14 bits per heavy atom. The molecule has 0 aliphatic carbocycles. The molecule has 1 amide bonds. The van der Waals surface area contributed by atoms with Gasteiger partial charge in [-0.25, -0.2) is 0 Å². The van der Waals surface area contributed by atoms with Gasteiger partial charge >= 0.3 is 0 Å².